The predicted molar refractivity (Wildman–Crippen MR) is 109 cm³/mol. The predicted octanol–water partition coefficient (Wildman–Crippen LogP) is 5.25. The lowest BCUT2D eigenvalue weighted by Crippen LogP contribution is -2.13. The zero-order chi connectivity index (χ0) is 17.9. The molecular formula is C23H24N2O. The van der Waals surface area contributed by atoms with Gasteiger partial charge in [-0.25, -0.2) is 4.99 Å². The van der Waals surface area contributed by atoms with E-state index in [1.807, 2.05) is 12.1 Å². The summed E-state index contributed by atoms with van der Waals surface area (Å²) in [6.07, 6.45) is 0. The first kappa shape index (κ1) is 16.6. The van der Waals surface area contributed by atoms with Crippen LogP contribution in [0.3, 0.4) is 0 Å². The van der Waals surface area contributed by atoms with Crippen molar-refractivity contribution >= 4 is 22.4 Å². The van der Waals surface area contributed by atoms with Crippen molar-refractivity contribution in [2.24, 2.45) is 10.9 Å². The average molecular weight is 344 g/mol. The molecule has 26 heavy (non-hydrogen) atoms. The van der Waals surface area contributed by atoms with Gasteiger partial charge in [-0.05, 0) is 40.5 Å². The van der Waals surface area contributed by atoms with Crippen molar-refractivity contribution in [2.45, 2.75) is 26.4 Å². The first-order valence-corrected chi connectivity index (χ1v) is 9.22. The Morgan fingerprint density at radius 1 is 1.00 bits per heavy atom. The second-order valence-electron chi connectivity index (χ2n) is 7.14. The van der Waals surface area contributed by atoms with Crippen molar-refractivity contribution in [3.8, 4) is 0 Å². The Bertz CT molecular complexity index is 946. The summed E-state index contributed by atoms with van der Waals surface area (Å²) >= 11 is 0. The Labute approximate surface area is 154 Å². The van der Waals surface area contributed by atoms with Crippen LogP contribution < -0.4 is 5.32 Å². The molecule has 0 saturated heterocycles. The summed E-state index contributed by atoms with van der Waals surface area (Å²) in [7, 11) is 0. The quantitative estimate of drug-likeness (QED) is 0.685. The van der Waals surface area contributed by atoms with Gasteiger partial charge in [0.25, 0.3) is 0 Å². The molecule has 3 heteroatoms. The maximum absolute atomic E-state index is 5.87. The summed E-state index contributed by atoms with van der Waals surface area (Å²) in [5.41, 5.74) is 3.35. The van der Waals surface area contributed by atoms with Crippen LogP contribution in [0.4, 0.5) is 5.69 Å². The van der Waals surface area contributed by atoms with Crippen molar-refractivity contribution in [3.05, 3.63) is 77.9 Å². The van der Waals surface area contributed by atoms with Crippen LogP contribution in [0.15, 0.2) is 71.7 Å². The Balaban J connectivity index is 1.54. The van der Waals surface area contributed by atoms with E-state index in [4.69, 9.17) is 9.73 Å². The van der Waals surface area contributed by atoms with Gasteiger partial charge in [-0.2, -0.15) is 0 Å². The number of rotatable bonds is 5. The molecule has 1 heterocycles. The van der Waals surface area contributed by atoms with E-state index in [9.17, 15) is 0 Å². The summed E-state index contributed by atoms with van der Waals surface area (Å²) in [4.78, 5) is 4.77. The van der Waals surface area contributed by atoms with Gasteiger partial charge in [-0.1, -0.05) is 62.4 Å². The molecule has 3 nitrogen and oxygen atoms in total. The highest BCUT2D eigenvalue weighted by Crippen LogP contribution is 2.24. The van der Waals surface area contributed by atoms with Crippen molar-refractivity contribution in [1.82, 2.24) is 0 Å². The van der Waals surface area contributed by atoms with Gasteiger partial charge in [0.15, 0.2) is 0 Å². The van der Waals surface area contributed by atoms with Crippen LogP contribution in [0, 0.1) is 5.92 Å². The fraction of sp³-hybridized carbons (Fsp3) is 0.261. The fourth-order valence-corrected chi connectivity index (χ4v) is 3.25. The second kappa shape index (κ2) is 7.20. The van der Waals surface area contributed by atoms with Gasteiger partial charge in [0.1, 0.15) is 6.61 Å². The molecule has 3 aromatic rings. The van der Waals surface area contributed by atoms with Crippen LogP contribution in [-0.2, 0) is 11.3 Å². The van der Waals surface area contributed by atoms with Crippen molar-refractivity contribution in [2.75, 3.05) is 11.9 Å². The molecule has 1 aliphatic rings. The largest absolute Gasteiger partial charge is 0.475 e. The first-order chi connectivity index (χ1) is 12.7. The molecule has 0 unspecified atom stereocenters. The number of anilines is 1. The molecule has 0 aromatic heterocycles. The van der Waals surface area contributed by atoms with Crippen molar-refractivity contribution < 1.29 is 4.74 Å². The Morgan fingerprint density at radius 2 is 1.77 bits per heavy atom. The van der Waals surface area contributed by atoms with Crippen LogP contribution in [0.2, 0.25) is 0 Å². The highest BCUT2D eigenvalue weighted by atomic mass is 16.5. The van der Waals surface area contributed by atoms with Crippen molar-refractivity contribution in [1.29, 1.82) is 0 Å². The number of para-hydroxylation sites is 1. The highest BCUT2D eigenvalue weighted by molar-refractivity contribution is 6.00. The van der Waals surface area contributed by atoms with Gasteiger partial charge in [-0.3, -0.25) is 0 Å². The number of hydrogen-bond donors (Lipinski definition) is 1. The molecule has 1 aliphatic heterocycles. The third kappa shape index (κ3) is 3.43. The third-order valence-corrected chi connectivity index (χ3v) is 4.90. The molecule has 0 fully saturated rings. The van der Waals surface area contributed by atoms with Crippen LogP contribution in [-0.4, -0.2) is 18.5 Å². The minimum absolute atomic E-state index is 0.249. The van der Waals surface area contributed by atoms with E-state index in [0.717, 1.165) is 23.7 Å². The van der Waals surface area contributed by atoms with Crippen LogP contribution in [0.1, 0.15) is 25.0 Å². The van der Waals surface area contributed by atoms with E-state index in [-0.39, 0.29) is 6.04 Å². The van der Waals surface area contributed by atoms with Crippen LogP contribution >= 0.6 is 0 Å². The van der Waals surface area contributed by atoms with Crippen molar-refractivity contribution in [3.63, 3.8) is 0 Å². The summed E-state index contributed by atoms with van der Waals surface area (Å²) in [6, 6.07) is 23.5. The molecule has 0 amide bonds. The number of fused-ring (bicyclic) bond motifs is 1. The standard InChI is InChI=1S/C23H24N2O/c1-16(2)22-15-26-23(25-22)20-9-5-6-10-21(20)24-14-17-11-12-18-7-3-4-8-19(18)13-17/h3-13,16,22,24H,14-15H2,1-2H3/t22-/m1/s1. The Kier molecular flexibility index (Phi) is 4.61. The lowest BCUT2D eigenvalue weighted by Gasteiger charge is -2.12. The van der Waals surface area contributed by atoms with E-state index in [1.165, 1.54) is 16.3 Å². The molecule has 132 valence electrons. The smallest absolute Gasteiger partial charge is 0.218 e. The number of benzene rings is 3. The second-order valence-corrected chi connectivity index (χ2v) is 7.14. The normalized spacial score (nSPS) is 16.6. The molecule has 0 spiro atoms. The topological polar surface area (TPSA) is 33.6 Å². The summed E-state index contributed by atoms with van der Waals surface area (Å²) in [5, 5.41) is 6.09. The summed E-state index contributed by atoms with van der Waals surface area (Å²) in [5.74, 6) is 1.25. The van der Waals surface area contributed by atoms with E-state index in [0.29, 0.717) is 12.5 Å². The molecule has 0 bridgehead atoms. The molecule has 1 N–H and O–H groups in total. The maximum atomic E-state index is 5.87. The Hall–Kier alpha value is -2.81. The molecule has 4 rings (SSSR count). The lowest BCUT2D eigenvalue weighted by molar-refractivity contribution is 0.292. The van der Waals surface area contributed by atoms with E-state index in [2.05, 4.69) is 73.8 Å². The fourth-order valence-electron chi connectivity index (χ4n) is 3.25. The van der Waals surface area contributed by atoms with E-state index >= 15 is 0 Å². The summed E-state index contributed by atoms with van der Waals surface area (Å²) in [6.45, 7) is 5.81. The van der Waals surface area contributed by atoms with Gasteiger partial charge in [-0.15, -0.1) is 0 Å². The Morgan fingerprint density at radius 3 is 2.58 bits per heavy atom. The number of aliphatic imine (C=N–C) groups is 1. The zero-order valence-electron chi connectivity index (χ0n) is 15.3. The molecule has 3 aromatic carbocycles. The highest BCUT2D eigenvalue weighted by Gasteiger charge is 2.24. The van der Waals surface area contributed by atoms with Crippen LogP contribution in [0.5, 0.6) is 0 Å². The first-order valence-electron chi connectivity index (χ1n) is 9.22. The number of hydrogen-bond acceptors (Lipinski definition) is 3. The average Bonchev–Trinajstić information content (AvgIpc) is 3.17. The van der Waals surface area contributed by atoms with E-state index < -0.39 is 0 Å². The maximum Gasteiger partial charge on any atom is 0.218 e. The number of nitrogens with one attached hydrogen (secondary N) is 1. The molecule has 0 radical (unpaired) electrons. The minimum atomic E-state index is 0.249. The lowest BCUT2D eigenvalue weighted by atomic mass is 10.1. The van der Waals surface area contributed by atoms with Crippen LogP contribution in [0.25, 0.3) is 10.8 Å². The molecule has 0 aliphatic carbocycles. The third-order valence-electron chi connectivity index (χ3n) is 4.90. The van der Waals surface area contributed by atoms with Gasteiger partial charge in [0.2, 0.25) is 5.90 Å². The zero-order valence-corrected chi connectivity index (χ0v) is 15.3. The SMILES string of the molecule is CC(C)[C@H]1COC(c2ccccc2NCc2ccc3ccccc3c2)=N1. The van der Waals surface area contributed by atoms with Gasteiger partial charge in [0.05, 0.1) is 11.6 Å². The summed E-state index contributed by atoms with van der Waals surface area (Å²) < 4.78 is 5.87. The molecule has 1 atom stereocenters. The monoisotopic (exact) mass is 344 g/mol. The van der Waals surface area contributed by atoms with Gasteiger partial charge >= 0.3 is 0 Å². The number of ether oxygens (including phenoxy) is 1. The van der Waals surface area contributed by atoms with E-state index in [1.54, 1.807) is 0 Å². The minimum Gasteiger partial charge on any atom is -0.475 e. The molecular weight excluding hydrogens is 320 g/mol. The number of nitrogens with zero attached hydrogens (tertiary/aromatic N) is 1. The van der Waals surface area contributed by atoms with Gasteiger partial charge in [0, 0.05) is 12.2 Å². The molecule has 0 saturated carbocycles. The van der Waals surface area contributed by atoms with Gasteiger partial charge < -0.3 is 10.1 Å².